The van der Waals surface area contributed by atoms with E-state index in [1.54, 1.807) is 6.20 Å². The number of nitrogens with zero attached hydrogens (tertiary/aromatic N) is 1. The van der Waals surface area contributed by atoms with E-state index < -0.39 is 0 Å². The van der Waals surface area contributed by atoms with Crippen molar-refractivity contribution in [1.29, 1.82) is 0 Å². The molecule has 1 aromatic heterocycles. The van der Waals surface area contributed by atoms with E-state index in [2.05, 4.69) is 9.88 Å². The van der Waals surface area contributed by atoms with Crippen LogP contribution in [-0.4, -0.2) is 35.3 Å². The van der Waals surface area contributed by atoms with E-state index in [9.17, 15) is 4.79 Å². The average molecular weight is 243 g/mol. The molecule has 3 N–H and O–H groups in total. The number of aromatic nitrogens is 1. The molecule has 2 heterocycles. The normalized spacial score (nSPS) is 20.6. The van der Waals surface area contributed by atoms with Gasteiger partial charge in [0.15, 0.2) is 5.78 Å². The number of ketones is 1. The van der Waals surface area contributed by atoms with Gasteiger partial charge in [0.25, 0.3) is 0 Å². The van der Waals surface area contributed by atoms with Crippen LogP contribution in [-0.2, 0) is 0 Å². The smallest absolute Gasteiger partial charge is 0.182 e. The molecular formula is C14H17N3O. The van der Waals surface area contributed by atoms with E-state index in [1.165, 1.54) is 0 Å². The Morgan fingerprint density at radius 2 is 2.33 bits per heavy atom. The molecule has 0 unspecified atom stereocenters. The van der Waals surface area contributed by atoms with Crippen molar-refractivity contribution in [1.82, 2.24) is 9.88 Å². The maximum absolute atomic E-state index is 12.5. The second kappa shape index (κ2) is 4.14. The number of hydrogen-bond acceptors (Lipinski definition) is 3. The first-order chi connectivity index (χ1) is 8.66. The summed E-state index contributed by atoms with van der Waals surface area (Å²) in [4.78, 5) is 17.8. The summed E-state index contributed by atoms with van der Waals surface area (Å²) in [7, 11) is 2.01. The van der Waals surface area contributed by atoms with E-state index in [-0.39, 0.29) is 11.8 Å². The number of hydrogen-bond donors (Lipinski definition) is 2. The first-order valence-electron chi connectivity index (χ1n) is 6.28. The van der Waals surface area contributed by atoms with Crippen LogP contribution in [0.4, 0.5) is 5.69 Å². The molecule has 2 aromatic rings. The second-order valence-electron chi connectivity index (χ2n) is 5.01. The zero-order chi connectivity index (χ0) is 12.7. The van der Waals surface area contributed by atoms with Gasteiger partial charge in [-0.15, -0.1) is 0 Å². The van der Waals surface area contributed by atoms with Crippen molar-refractivity contribution in [2.24, 2.45) is 0 Å². The second-order valence-corrected chi connectivity index (χ2v) is 5.01. The molecule has 4 heteroatoms. The maximum Gasteiger partial charge on any atom is 0.182 e. The summed E-state index contributed by atoms with van der Waals surface area (Å²) < 4.78 is 0. The fourth-order valence-corrected chi connectivity index (χ4v) is 2.76. The Labute approximate surface area is 106 Å². The summed E-state index contributed by atoms with van der Waals surface area (Å²) in [5.41, 5.74) is 8.21. The van der Waals surface area contributed by atoms with Crippen LogP contribution in [0.15, 0.2) is 24.4 Å². The summed E-state index contributed by atoms with van der Waals surface area (Å²) >= 11 is 0. The predicted octanol–water partition coefficient (Wildman–Crippen LogP) is 2.03. The third-order valence-corrected chi connectivity index (χ3v) is 3.79. The van der Waals surface area contributed by atoms with Crippen molar-refractivity contribution in [3.63, 3.8) is 0 Å². The van der Waals surface area contributed by atoms with Crippen molar-refractivity contribution in [2.75, 3.05) is 19.3 Å². The van der Waals surface area contributed by atoms with E-state index >= 15 is 0 Å². The molecule has 1 atom stereocenters. The van der Waals surface area contributed by atoms with Crippen LogP contribution in [0.5, 0.6) is 0 Å². The highest BCUT2D eigenvalue weighted by atomic mass is 16.1. The monoisotopic (exact) mass is 243 g/mol. The number of aromatic amines is 1. The molecule has 0 spiro atoms. The number of benzene rings is 1. The average Bonchev–Trinajstić information content (AvgIpc) is 2.94. The van der Waals surface area contributed by atoms with E-state index in [1.807, 2.05) is 25.2 Å². The number of rotatable bonds is 2. The third-order valence-electron chi connectivity index (χ3n) is 3.79. The molecule has 0 aliphatic carbocycles. The van der Waals surface area contributed by atoms with Gasteiger partial charge in [0.2, 0.25) is 0 Å². The number of carbonyl (C=O) groups is 1. The van der Waals surface area contributed by atoms with Crippen LogP contribution in [0.25, 0.3) is 10.9 Å². The van der Waals surface area contributed by atoms with E-state index in [0.29, 0.717) is 5.69 Å². The lowest BCUT2D eigenvalue weighted by Gasteiger charge is -2.17. The Morgan fingerprint density at radius 1 is 1.50 bits per heavy atom. The van der Waals surface area contributed by atoms with Gasteiger partial charge < -0.3 is 10.7 Å². The maximum atomic E-state index is 12.5. The highest BCUT2D eigenvalue weighted by Gasteiger charge is 2.29. The number of nitrogen functional groups attached to an aromatic ring is 1. The Balaban J connectivity index is 2.03. The minimum atomic E-state index is 0.0189. The summed E-state index contributed by atoms with van der Waals surface area (Å²) in [6.45, 7) is 1.00. The first-order valence-corrected chi connectivity index (χ1v) is 6.28. The molecule has 0 saturated carbocycles. The van der Waals surface area contributed by atoms with Crippen LogP contribution < -0.4 is 5.73 Å². The van der Waals surface area contributed by atoms with Crippen LogP contribution >= 0.6 is 0 Å². The molecule has 4 nitrogen and oxygen atoms in total. The summed E-state index contributed by atoms with van der Waals surface area (Å²) in [5, 5.41) is 0.931. The Bertz CT molecular complexity index is 602. The van der Waals surface area contributed by atoms with Gasteiger partial charge in [-0.3, -0.25) is 9.69 Å². The lowest BCUT2D eigenvalue weighted by atomic mass is 10.0. The highest BCUT2D eigenvalue weighted by molar-refractivity contribution is 6.10. The quantitative estimate of drug-likeness (QED) is 0.626. The highest BCUT2D eigenvalue weighted by Crippen LogP contribution is 2.26. The number of H-pyrrole nitrogens is 1. The molecule has 1 aliphatic heterocycles. The number of Topliss-reactive ketones (excluding diaryl/α,β-unsaturated/α-hetero) is 1. The van der Waals surface area contributed by atoms with Crippen molar-refractivity contribution in [2.45, 2.75) is 18.9 Å². The Morgan fingerprint density at radius 3 is 3.06 bits per heavy atom. The third kappa shape index (κ3) is 1.69. The molecule has 1 aliphatic rings. The summed E-state index contributed by atoms with van der Waals surface area (Å²) in [5.74, 6) is 0.201. The van der Waals surface area contributed by atoms with Crippen molar-refractivity contribution in [3.8, 4) is 0 Å². The zero-order valence-corrected chi connectivity index (χ0v) is 10.4. The van der Waals surface area contributed by atoms with Crippen molar-refractivity contribution < 1.29 is 4.79 Å². The van der Waals surface area contributed by atoms with Gasteiger partial charge >= 0.3 is 0 Å². The van der Waals surface area contributed by atoms with Crippen molar-refractivity contribution in [3.05, 3.63) is 30.0 Å². The van der Waals surface area contributed by atoms with Gasteiger partial charge in [-0.25, -0.2) is 0 Å². The van der Waals surface area contributed by atoms with Crippen LogP contribution in [0.1, 0.15) is 23.2 Å². The molecule has 0 bridgehead atoms. The lowest BCUT2D eigenvalue weighted by Crippen LogP contribution is -2.32. The Hall–Kier alpha value is -1.81. The number of nitrogens with two attached hydrogens (primary N) is 1. The minimum absolute atomic E-state index is 0.0189. The molecular weight excluding hydrogens is 226 g/mol. The number of likely N-dealkylation sites (N-methyl/N-ethyl adjacent to an activating group) is 1. The van der Waals surface area contributed by atoms with Gasteiger partial charge in [-0.2, -0.15) is 0 Å². The standard InChI is InChI=1S/C14H17N3O/c1-17-6-2-3-13(17)14(18)11-8-16-12-5-4-9(15)7-10(11)12/h4-5,7-8,13,16H,2-3,6,15H2,1H3/t13-/m1/s1. The van der Waals surface area contributed by atoms with Gasteiger partial charge in [0, 0.05) is 28.4 Å². The van der Waals surface area contributed by atoms with E-state index in [0.717, 1.165) is 35.9 Å². The molecule has 1 saturated heterocycles. The SMILES string of the molecule is CN1CCC[C@@H]1C(=O)c1c[nH]c2ccc(N)cc12. The number of nitrogens with one attached hydrogen (secondary N) is 1. The largest absolute Gasteiger partial charge is 0.399 e. The fourth-order valence-electron chi connectivity index (χ4n) is 2.76. The molecule has 1 aromatic carbocycles. The van der Waals surface area contributed by atoms with Crippen molar-refractivity contribution >= 4 is 22.4 Å². The van der Waals surface area contributed by atoms with Crippen LogP contribution in [0.2, 0.25) is 0 Å². The number of fused-ring (bicyclic) bond motifs is 1. The summed E-state index contributed by atoms with van der Waals surface area (Å²) in [6, 6.07) is 5.65. The predicted molar refractivity (Wildman–Crippen MR) is 72.7 cm³/mol. The molecule has 0 amide bonds. The Kier molecular flexibility index (Phi) is 2.59. The number of carbonyl (C=O) groups excluding carboxylic acids is 1. The van der Waals surface area contributed by atoms with Crippen LogP contribution in [0.3, 0.4) is 0 Å². The van der Waals surface area contributed by atoms with Gasteiger partial charge in [0.1, 0.15) is 0 Å². The summed E-state index contributed by atoms with van der Waals surface area (Å²) in [6.07, 6.45) is 3.85. The molecule has 1 fully saturated rings. The zero-order valence-electron chi connectivity index (χ0n) is 10.4. The molecule has 18 heavy (non-hydrogen) atoms. The topological polar surface area (TPSA) is 62.1 Å². The first kappa shape index (κ1) is 11.3. The van der Waals surface area contributed by atoms with Gasteiger partial charge in [-0.05, 0) is 44.6 Å². The van der Waals surface area contributed by atoms with Gasteiger partial charge in [0.05, 0.1) is 6.04 Å². The fraction of sp³-hybridized carbons (Fsp3) is 0.357. The molecule has 3 rings (SSSR count). The number of anilines is 1. The lowest BCUT2D eigenvalue weighted by molar-refractivity contribution is 0.0892. The number of likely N-dealkylation sites (tertiary alicyclic amines) is 1. The van der Waals surface area contributed by atoms with Crippen LogP contribution in [0, 0.1) is 0 Å². The van der Waals surface area contributed by atoms with E-state index in [4.69, 9.17) is 5.73 Å². The van der Waals surface area contributed by atoms with Gasteiger partial charge in [-0.1, -0.05) is 0 Å². The minimum Gasteiger partial charge on any atom is -0.399 e. The molecule has 0 radical (unpaired) electrons. The molecule has 94 valence electrons.